The van der Waals surface area contributed by atoms with Gasteiger partial charge in [-0.25, -0.2) is 0 Å². The molecule has 0 aliphatic heterocycles. The van der Waals surface area contributed by atoms with E-state index in [-0.39, 0.29) is 0 Å². The van der Waals surface area contributed by atoms with Crippen LogP contribution in [0.2, 0.25) is 5.02 Å². The van der Waals surface area contributed by atoms with Crippen LogP contribution in [0.1, 0.15) is 22.2 Å². The topological polar surface area (TPSA) is 20.2 Å². The van der Waals surface area contributed by atoms with Crippen molar-refractivity contribution >= 4 is 34.3 Å². The molecule has 0 aliphatic rings. The van der Waals surface area contributed by atoms with Crippen molar-refractivity contribution in [3.8, 4) is 0 Å². The molecule has 1 atom stereocenters. The summed E-state index contributed by atoms with van der Waals surface area (Å²) < 4.78 is 0. The summed E-state index contributed by atoms with van der Waals surface area (Å²) >= 11 is 9.10. The number of hydrogen-bond acceptors (Lipinski definition) is 3. The van der Waals surface area contributed by atoms with Crippen LogP contribution in [0.4, 0.5) is 0 Å². The van der Waals surface area contributed by atoms with Crippen LogP contribution < -0.4 is 0 Å². The second kappa shape index (κ2) is 3.91. The average molecular weight is 259 g/mol. The van der Waals surface area contributed by atoms with E-state index in [2.05, 4.69) is 0 Å². The van der Waals surface area contributed by atoms with Gasteiger partial charge in [0, 0.05) is 4.88 Å². The van der Waals surface area contributed by atoms with Crippen LogP contribution in [0, 0.1) is 6.92 Å². The van der Waals surface area contributed by atoms with Crippen LogP contribution in [-0.4, -0.2) is 5.11 Å². The third kappa shape index (κ3) is 1.85. The van der Waals surface area contributed by atoms with Crippen LogP contribution >= 0.6 is 34.3 Å². The summed E-state index contributed by atoms with van der Waals surface area (Å²) in [7, 11) is 0. The fourth-order valence-corrected chi connectivity index (χ4v) is 3.98. The molecular weight excluding hydrogens is 248 g/mol. The minimum Gasteiger partial charge on any atom is -0.379 e. The lowest BCUT2D eigenvalue weighted by Gasteiger charge is -2.22. The van der Waals surface area contributed by atoms with Crippen molar-refractivity contribution in [1.82, 2.24) is 0 Å². The Morgan fingerprint density at radius 1 is 1.20 bits per heavy atom. The summed E-state index contributed by atoms with van der Waals surface area (Å²) in [6.45, 7) is 3.80. The van der Waals surface area contributed by atoms with Crippen molar-refractivity contribution in [2.45, 2.75) is 19.4 Å². The van der Waals surface area contributed by atoms with E-state index in [1.807, 2.05) is 29.8 Å². The van der Waals surface area contributed by atoms with Gasteiger partial charge in [-0.05, 0) is 42.3 Å². The van der Waals surface area contributed by atoms with Crippen LogP contribution in [0.25, 0.3) is 0 Å². The van der Waals surface area contributed by atoms with Gasteiger partial charge in [-0.15, -0.1) is 22.7 Å². The van der Waals surface area contributed by atoms with Gasteiger partial charge >= 0.3 is 0 Å². The van der Waals surface area contributed by atoms with E-state index in [1.165, 1.54) is 11.3 Å². The lowest BCUT2D eigenvalue weighted by Crippen LogP contribution is -2.21. The Morgan fingerprint density at radius 3 is 2.27 bits per heavy atom. The first-order valence-electron chi connectivity index (χ1n) is 4.54. The molecule has 2 rings (SSSR count). The SMILES string of the molecule is Cc1ccsc1C(C)(O)c1sccc1Cl. The van der Waals surface area contributed by atoms with Gasteiger partial charge in [-0.2, -0.15) is 0 Å². The molecule has 0 saturated heterocycles. The van der Waals surface area contributed by atoms with E-state index < -0.39 is 5.60 Å². The van der Waals surface area contributed by atoms with E-state index >= 15 is 0 Å². The van der Waals surface area contributed by atoms with Crippen molar-refractivity contribution in [3.63, 3.8) is 0 Å². The minimum atomic E-state index is -0.969. The smallest absolute Gasteiger partial charge is 0.132 e. The maximum absolute atomic E-state index is 10.5. The Hall–Kier alpha value is -0.350. The second-order valence-electron chi connectivity index (χ2n) is 3.60. The molecule has 0 fully saturated rings. The quantitative estimate of drug-likeness (QED) is 0.862. The zero-order chi connectivity index (χ0) is 11.1. The molecule has 1 nitrogen and oxygen atoms in total. The van der Waals surface area contributed by atoms with Gasteiger partial charge in [0.1, 0.15) is 5.60 Å². The van der Waals surface area contributed by atoms with Crippen molar-refractivity contribution < 1.29 is 5.11 Å². The molecule has 0 spiro atoms. The van der Waals surface area contributed by atoms with E-state index in [0.29, 0.717) is 5.02 Å². The monoisotopic (exact) mass is 258 g/mol. The summed E-state index contributed by atoms with van der Waals surface area (Å²) in [5.74, 6) is 0. The van der Waals surface area contributed by atoms with Crippen molar-refractivity contribution in [3.05, 3.63) is 43.2 Å². The van der Waals surface area contributed by atoms with Gasteiger partial charge in [0.05, 0.1) is 9.90 Å². The fourth-order valence-electron chi connectivity index (χ4n) is 1.62. The molecule has 0 radical (unpaired) electrons. The second-order valence-corrected chi connectivity index (χ2v) is 5.84. The van der Waals surface area contributed by atoms with Crippen molar-refractivity contribution in [2.75, 3.05) is 0 Å². The highest BCUT2D eigenvalue weighted by atomic mass is 35.5. The molecule has 0 aliphatic carbocycles. The first-order chi connectivity index (χ1) is 7.03. The molecule has 1 unspecified atom stereocenters. The predicted molar refractivity (Wildman–Crippen MR) is 67.1 cm³/mol. The first-order valence-corrected chi connectivity index (χ1v) is 6.67. The summed E-state index contributed by atoms with van der Waals surface area (Å²) in [6, 6.07) is 3.83. The van der Waals surface area contributed by atoms with Gasteiger partial charge < -0.3 is 5.11 Å². The number of halogens is 1. The lowest BCUT2D eigenvalue weighted by molar-refractivity contribution is 0.110. The van der Waals surface area contributed by atoms with E-state index in [4.69, 9.17) is 11.6 Å². The Labute approximate surface area is 102 Å². The molecule has 0 amide bonds. The third-order valence-corrected chi connectivity index (χ3v) is 5.14. The van der Waals surface area contributed by atoms with Crippen LogP contribution in [-0.2, 0) is 5.60 Å². The highest BCUT2D eigenvalue weighted by molar-refractivity contribution is 7.12. The van der Waals surface area contributed by atoms with E-state index in [1.54, 1.807) is 18.3 Å². The Bertz CT molecular complexity index is 428. The molecule has 2 heterocycles. The predicted octanol–water partition coefficient (Wildman–Crippen LogP) is 4.03. The molecular formula is C11H11ClOS2. The van der Waals surface area contributed by atoms with Gasteiger partial charge in [0.15, 0.2) is 0 Å². The Kier molecular flexibility index (Phi) is 2.90. The van der Waals surface area contributed by atoms with E-state index in [9.17, 15) is 5.11 Å². The maximum atomic E-state index is 10.5. The minimum absolute atomic E-state index is 0.637. The number of thiophene rings is 2. The van der Waals surface area contributed by atoms with Crippen LogP contribution in [0.5, 0.6) is 0 Å². The maximum Gasteiger partial charge on any atom is 0.132 e. The Morgan fingerprint density at radius 2 is 1.80 bits per heavy atom. The molecule has 1 N–H and O–H groups in total. The van der Waals surface area contributed by atoms with Gasteiger partial charge in [-0.3, -0.25) is 0 Å². The van der Waals surface area contributed by atoms with Gasteiger partial charge in [-0.1, -0.05) is 11.6 Å². The lowest BCUT2D eigenvalue weighted by atomic mass is 10.00. The molecule has 0 bridgehead atoms. The molecule has 2 aromatic heterocycles. The number of aliphatic hydroxyl groups is 1. The Balaban J connectivity index is 2.53. The molecule has 4 heteroatoms. The van der Waals surface area contributed by atoms with Crippen molar-refractivity contribution in [2.24, 2.45) is 0 Å². The standard InChI is InChI=1S/C11H11ClOS2/c1-7-3-5-14-9(7)11(2,13)10-8(12)4-6-15-10/h3-6,13H,1-2H3. The molecule has 0 saturated carbocycles. The summed E-state index contributed by atoms with van der Waals surface area (Å²) in [4.78, 5) is 1.78. The number of rotatable bonds is 2. The number of aryl methyl sites for hydroxylation is 1. The molecule has 15 heavy (non-hydrogen) atoms. The zero-order valence-electron chi connectivity index (χ0n) is 8.45. The fraction of sp³-hybridized carbons (Fsp3) is 0.273. The average Bonchev–Trinajstić information content (AvgIpc) is 2.73. The molecule has 80 valence electrons. The zero-order valence-corrected chi connectivity index (χ0v) is 10.8. The van der Waals surface area contributed by atoms with Crippen LogP contribution in [0.15, 0.2) is 22.9 Å². The van der Waals surface area contributed by atoms with E-state index in [0.717, 1.165) is 15.3 Å². The first kappa shape index (κ1) is 11.1. The van der Waals surface area contributed by atoms with Gasteiger partial charge in [0.25, 0.3) is 0 Å². The summed E-state index contributed by atoms with van der Waals surface area (Å²) in [6.07, 6.45) is 0. The van der Waals surface area contributed by atoms with Crippen LogP contribution in [0.3, 0.4) is 0 Å². The molecule has 2 aromatic rings. The molecule has 0 aromatic carbocycles. The number of hydrogen-bond donors (Lipinski definition) is 1. The highest BCUT2D eigenvalue weighted by Crippen LogP contribution is 2.40. The van der Waals surface area contributed by atoms with Gasteiger partial charge in [0.2, 0.25) is 0 Å². The van der Waals surface area contributed by atoms with Crippen molar-refractivity contribution in [1.29, 1.82) is 0 Å². The normalized spacial score (nSPS) is 15.2. The summed E-state index contributed by atoms with van der Waals surface area (Å²) in [5, 5.41) is 15.1. The third-order valence-electron chi connectivity index (χ3n) is 2.36. The largest absolute Gasteiger partial charge is 0.379 e. The summed E-state index contributed by atoms with van der Waals surface area (Å²) in [5.41, 5.74) is 0.137. The highest BCUT2D eigenvalue weighted by Gasteiger charge is 2.31.